The molecule has 60 heavy (non-hydrogen) atoms. The van der Waals surface area contributed by atoms with Gasteiger partial charge in [-0.05, 0) is 80.9 Å². The van der Waals surface area contributed by atoms with E-state index in [1.807, 2.05) is 73.3 Å². The minimum Gasteiger partial charge on any atom is -1.00 e. The molecule has 0 aliphatic heterocycles. The fourth-order valence-corrected chi connectivity index (χ4v) is 8.29. The Morgan fingerprint density at radius 1 is 0.467 bits per heavy atom. The molecule has 2 atom stereocenters. The monoisotopic (exact) mass is 928 g/mol. The van der Waals surface area contributed by atoms with Crippen molar-refractivity contribution in [2.45, 2.75) is 13.8 Å². The second kappa shape index (κ2) is 20.5. The number of thiocarbonyl (C=S) groups is 2. The molecular weight excluding hydrogens is 895 g/mol. The summed E-state index contributed by atoms with van der Waals surface area (Å²) in [5.41, 5.74) is 15.6. The molecule has 292 valence electrons. The maximum Gasteiger partial charge on any atom is 0.0346 e. The van der Waals surface area contributed by atoms with Gasteiger partial charge in [-0.25, -0.2) is 0 Å². The quantitative estimate of drug-likeness (QED) is 0.170. The van der Waals surface area contributed by atoms with Crippen molar-refractivity contribution in [1.82, 2.24) is 19.9 Å². The molecular formula is C51H36Cl2N4S2Zr-2. The number of rotatable bonds is 6. The number of nitrogens with zero attached hydrogens (tertiary/aromatic N) is 4. The fraction of sp³-hybridized carbons (Fsp3) is 0.0784. The van der Waals surface area contributed by atoms with Gasteiger partial charge in [-0.3, -0.25) is 19.9 Å². The molecule has 4 aromatic heterocycles. The molecule has 10 rings (SSSR count). The number of halogens is 2. The minimum atomic E-state index is 0. The van der Waals surface area contributed by atoms with Gasteiger partial charge in [-0.15, -0.1) is 23.3 Å². The predicted octanol–water partition coefficient (Wildman–Crippen LogP) is 5.18. The number of allylic oxidation sites excluding steroid dienone is 12. The molecule has 0 saturated carbocycles. The van der Waals surface area contributed by atoms with Gasteiger partial charge < -0.3 is 24.8 Å². The number of benzene rings is 2. The molecule has 4 aliphatic carbocycles. The summed E-state index contributed by atoms with van der Waals surface area (Å²) in [5, 5.41) is 0. The Kier molecular flexibility index (Phi) is 15.2. The third-order valence-electron chi connectivity index (χ3n) is 9.96. The van der Waals surface area contributed by atoms with E-state index in [0.29, 0.717) is 0 Å². The second-order valence-corrected chi connectivity index (χ2v) is 17.4. The first-order chi connectivity index (χ1) is 28.4. The standard InChI is InChI=1S/2C24H15N2S.C3H6.2ClH.Zr/c2*27-24-21(18-9-5-11-26-15-18)13-22-19(16-6-2-1-3-7-16)12-20(23(22)24)17-8-4-10-25-14-17;1-3-2;;;/h2*1-12,14-15,22H;1-2H3;2*1H;/q2*-1;;;;+2/p-2. The van der Waals surface area contributed by atoms with Crippen molar-refractivity contribution in [3.63, 3.8) is 0 Å². The molecule has 0 fully saturated rings. The van der Waals surface area contributed by atoms with E-state index in [1.165, 1.54) is 25.5 Å². The normalized spacial score (nSPS) is 17.0. The molecule has 9 heteroatoms. The van der Waals surface area contributed by atoms with E-state index in [-0.39, 0.29) is 36.6 Å². The van der Waals surface area contributed by atoms with E-state index in [1.54, 1.807) is 49.0 Å². The van der Waals surface area contributed by atoms with Crippen molar-refractivity contribution in [1.29, 1.82) is 0 Å². The Bertz CT molecular complexity index is 2530. The summed E-state index contributed by atoms with van der Waals surface area (Å²) >= 11 is 13.4. The van der Waals surface area contributed by atoms with E-state index < -0.39 is 0 Å². The van der Waals surface area contributed by atoms with Crippen molar-refractivity contribution in [3.05, 3.63) is 228 Å². The topological polar surface area (TPSA) is 51.6 Å². The summed E-state index contributed by atoms with van der Waals surface area (Å²) in [6.45, 7) is 4.25. The van der Waals surface area contributed by atoms with Crippen LogP contribution in [-0.2, 0) is 24.2 Å². The molecule has 0 bridgehead atoms. The molecule has 4 nitrogen and oxygen atoms in total. The molecule has 0 radical (unpaired) electrons. The third kappa shape index (κ3) is 9.47. The summed E-state index contributed by atoms with van der Waals surface area (Å²) in [5.74, 6) is 0.0932. The van der Waals surface area contributed by atoms with Crippen molar-refractivity contribution >= 4 is 70.8 Å². The zero-order chi connectivity index (χ0) is 40.0. The first kappa shape index (κ1) is 44.5. The van der Waals surface area contributed by atoms with Crippen LogP contribution < -0.4 is 24.8 Å². The molecule has 0 spiro atoms. The van der Waals surface area contributed by atoms with Crippen molar-refractivity contribution < 1.29 is 49.0 Å². The first-order valence-electron chi connectivity index (χ1n) is 18.9. The van der Waals surface area contributed by atoms with Crippen LogP contribution in [0.15, 0.2) is 182 Å². The van der Waals surface area contributed by atoms with Crippen LogP contribution in [0.25, 0.3) is 33.4 Å². The number of pyridine rings is 4. The van der Waals surface area contributed by atoms with Gasteiger partial charge in [-0.1, -0.05) is 118 Å². The van der Waals surface area contributed by atoms with Crippen LogP contribution in [0.1, 0.15) is 47.2 Å². The smallest absolute Gasteiger partial charge is 0.0346 e. The van der Waals surface area contributed by atoms with Crippen molar-refractivity contribution in [3.8, 4) is 0 Å². The summed E-state index contributed by atoms with van der Waals surface area (Å²) in [6.07, 6.45) is 26.4. The van der Waals surface area contributed by atoms with Gasteiger partial charge in [-0.2, -0.15) is 47.7 Å². The van der Waals surface area contributed by atoms with Gasteiger partial charge in [0.2, 0.25) is 0 Å². The maximum absolute atomic E-state index is 5.90. The van der Waals surface area contributed by atoms with Gasteiger partial charge >= 0.3 is 41.3 Å². The summed E-state index contributed by atoms with van der Waals surface area (Å²) in [7, 11) is 0. The van der Waals surface area contributed by atoms with Gasteiger partial charge in [0.05, 0.1) is 0 Å². The Balaban J connectivity index is 0.000000179. The molecule has 4 aliphatic rings. The SMILES string of the molecule is C[C](C)=[Zr+2].S=C1C(c2cccnc2)=[C-]C2C(c3ccccc3)=CC(c3cccnc3)=C12.S=C1C(c2cccnc2)=[C-]C2C(c3ccccc3)=CC(c3cccnc3)=C12.[Cl-].[Cl-]. The first-order valence-corrected chi connectivity index (χ1v) is 21.0. The van der Waals surface area contributed by atoms with E-state index in [2.05, 4.69) is 119 Å². The van der Waals surface area contributed by atoms with Crippen LogP contribution >= 0.6 is 24.4 Å². The van der Waals surface area contributed by atoms with Crippen LogP contribution in [0.4, 0.5) is 0 Å². The average molecular weight is 931 g/mol. The maximum atomic E-state index is 5.90. The number of hydrogen-bond acceptors (Lipinski definition) is 6. The van der Waals surface area contributed by atoms with Gasteiger partial charge in [0, 0.05) is 37.2 Å². The van der Waals surface area contributed by atoms with Gasteiger partial charge in [0.15, 0.2) is 0 Å². The Morgan fingerprint density at radius 3 is 1.07 bits per heavy atom. The fourth-order valence-electron chi connectivity index (χ4n) is 7.48. The third-order valence-corrected chi connectivity index (χ3v) is 10.8. The molecule has 0 N–H and O–H groups in total. The zero-order valence-electron chi connectivity index (χ0n) is 32.7. The van der Waals surface area contributed by atoms with Crippen LogP contribution in [0, 0.1) is 24.0 Å². The summed E-state index contributed by atoms with van der Waals surface area (Å²) < 4.78 is 1.51. The van der Waals surface area contributed by atoms with Crippen molar-refractivity contribution in [2.24, 2.45) is 11.8 Å². The van der Waals surface area contributed by atoms with Crippen molar-refractivity contribution in [2.75, 3.05) is 0 Å². The predicted molar refractivity (Wildman–Crippen MR) is 241 cm³/mol. The molecule has 4 heterocycles. The summed E-state index contributed by atoms with van der Waals surface area (Å²) in [6, 6.07) is 37.0. The second-order valence-electron chi connectivity index (χ2n) is 14.1. The number of fused-ring (bicyclic) bond motifs is 2. The Morgan fingerprint density at radius 2 is 0.767 bits per heavy atom. The zero-order valence-corrected chi connectivity index (χ0v) is 38.3. The van der Waals surface area contributed by atoms with E-state index in [9.17, 15) is 0 Å². The summed E-state index contributed by atoms with van der Waals surface area (Å²) in [4.78, 5) is 18.8. The molecule has 2 unspecified atom stereocenters. The van der Waals surface area contributed by atoms with Gasteiger partial charge in [0.1, 0.15) is 0 Å². The van der Waals surface area contributed by atoms with E-state index in [4.69, 9.17) is 24.4 Å². The molecule has 0 saturated heterocycles. The number of aromatic nitrogens is 4. The van der Waals surface area contributed by atoms with E-state index in [0.717, 1.165) is 65.4 Å². The Hall–Kier alpha value is -5.01. The van der Waals surface area contributed by atoms with Gasteiger partial charge in [0.25, 0.3) is 0 Å². The van der Waals surface area contributed by atoms with Crippen LogP contribution in [0.3, 0.4) is 0 Å². The Labute approximate surface area is 389 Å². The average Bonchev–Trinajstić information content (AvgIpc) is 4.03. The largest absolute Gasteiger partial charge is 1.00 e. The van der Waals surface area contributed by atoms with Crippen LogP contribution in [0.5, 0.6) is 0 Å². The molecule has 0 amide bonds. The number of hydrogen-bond donors (Lipinski definition) is 0. The minimum absolute atomic E-state index is 0. The van der Waals surface area contributed by atoms with Crippen LogP contribution in [-0.4, -0.2) is 32.9 Å². The molecule has 2 aromatic carbocycles. The van der Waals surface area contributed by atoms with E-state index >= 15 is 0 Å². The van der Waals surface area contributed by atoms with Crippen LogP contribution in [0.2, 0.25) is 0 Å². The molecule has 6 aromatic rings.